The first-order valence-electron chi connectivity index (χ1n) is 11.9. The van der Waals surface area contributed by atoms with Crippen LogP contribution < -0.4 is 0 Å². The Morgan fingerprint density at radius 2 is 1.52 bits per heavy atom. The number of pyridine rings is 1. The SMILES string of the molecule is CC(C)(CO[Si](C)(C)C(C)(C)C)C(C)(C)c1ccccc1C(O)c1cnc2ccccc2c1. The van der Waals surface area contributed by atoms with Crippen molar-refractivity contribution in [2.24, 2.45) is 5.41 Å². The molecule has 33 heavy (non-hydrogen) atoms. The first-order chi connectivity index (χ1) is 15.2. The number of hydrogen-bond donors (Lipinski definition) is 1. The highest BCUT2D eigenvalue weighted by atomic mass is 28.4. The molecule has 0 aliphatic heterocycles. The Bertz CT molecular complexity index is 1110. The van der Waals surface area contributed by atoms with Crippen molar-refractivity contribution in [3.63, 3.8) is 0 Å². The molecule has 3 nitrogen and oxygen atoms in total. The third kappa shape index (κ3) is 5.08. The van der Waals surface area contributed by atoms with Gasteiger partial charge in [-0.3, -0.25) is 4.98 Å². The molecule has 1 aromatic heterocycles. The highest BCUT2D eigenvalue weighted by Crippen LogP contribution is 2.46. The molecule has 3 aromatic rings. The number of aromatic nitrogens is 1. The van der Waals surface area contributed by atoms with Crippen molar-refractivity contribution >= 4 is 19.2 Å². The van der Waals surface area contributed by atoms with Gasteiger partial charge in [-0.15, -0.1) is 0 Å². The van der Waals surface area contributed by atoms with Crippen LogP contribution in [0, 0.1) is 5.41 Å². The molecule has 178 valence electrons. The summed E-state index contributed by atoms with van der Waals surface area (Å²) < 4.78 is 6.67. The standard InChI is InChI=1S/C29H41NO2Si/c1-27(2,3)33(8,9)32-20-28(4,5)29(6,7)24-16-12-11-15-23(24)26(31)22-18-21-14-10-13-17-25(21)30-19-22/h10-19,26,31H,20H2,1-9H3. The van der Waals surface area contributed by atoms with Crippen molar-refractivity contribution in [3.05, 3.63) is 77.5 Å². The molecule has 0 saturated heterocycles. The van der Waals surface area contributed by atoms with Gasteiger partial charge < -0.3 is 9.53 Å². The van der Waals surface area contributed by atoms with Crippen LogP contribution in [0.3, 0.4) is 0 Å². The van der Waals surface area contributed by atoms with Crippen LogP contribution in [0.15, 0.2) is 60.8 Å². The van der Waals surface area contributed by atoms with E-state index in [0.717, 1.165) is 27.6 Å². The second-order valence-electron chi connectivity index (χ2n) is 12.0. The number of aliphatic hydroxyl groups excluding tert-OH is 1. The normalized spacial score (nSPS) is 14.5. The van der Waals surface area contributed by atoms with E-state index in [1.54, 1.807) is 6.20 Å². The van der Waals surface area contributed by atoms with Crippen LogP contribution in [0.4, 0.5) is 0 Å². The molecular formula is C29H41NO2Si. The maximum absolute atomic E-state index is 11.5. The molecule has 0 aliphatic rings. The number of nitrogens with zero attached hydrogens (tertiary/aromatic N) is 1. The Kier molecular flexibility index (Phi) is 6.96. The fourth-order valence-corrected chi connectivity index (χ4v) is 5.00. The van der Waals surface area contributed by atoms with Gasteiger partial charge in [0, 0.05) is 23.8 Å². The predicted octanol–water partition coefficient (Wildman–Crippen LogP) is 7.64. The zero-order valence-electron chi connectivity index (χ0n) is 21.9. The van der Waals surface area contributed by atoms with Gasteiger partial charge in [-0.2, -0.15) is 0 Å². The van der Waals surface area contributed by atoms with Gasteiger partial charge in [0.2, 0.25) is 0 Å². The molecule has 1 unspecified atom stereocenters. The molecular weight excluding hydrogens is 422 g/mol. The lowest BCUT2D eigenvalue weighted by Crippen LogP contribution is -2.47. The maximum Gasteiger partial charge on any atom is 0.192 e. The van der Waals surface area contributed by atoms with E-state index < -0.39 is 14.4 Å². The Balaban J connectivity index is 1.95. The van der Waals surface area contributed by atoms with Gasteiger partial charge in [0.15, 0.2) is 8.32 Å². The van der Waals surface area contributed by atoms with Crippen molar-refractivity contribution in [3.8, 4) is 0 Å². The first kappa shape index (κ1) is 25.6. The number of rotatable bonds is 7. The van der Waals surface area contributed by atoms with Gasteiger partial charge in [0.1, 0.15) is 6.10 Å². The van der Waals surface area contributed by atoms with Gasteiger partial charge in [0.05, 0.1) is 5.52 Å². The average Bonchev–Trinajstić information content (AvgIpc) is 2.76. The zero-order valence-corrected chi connectivity index (χ0v) is 22.9. The summed E-state index contributed by atoms with van der Waals surface area (Å²) in [6, 6.07) is 18.3. The van der Waals surface area contributed by atoms with E-state index in [0.29, 0.717) is 6.61 Å². The first-order valence-corrected chi connectivity index (χ1v) is 14.8. The lowest BCUT2D eigenvalue weighted by atomic mass is 9.63. The number of fused-ring (bicyclic) bond motifs is 1. The fourth-order valence-electron chi connectivity index (χ4n) is 3.84. The van der Waals surface area contributed by atoms with Crippen LogP contribution in [0.1, 0.15) is 71.3 Å². The minimum atomic E-state index is -1.87. The summed E-state index contributed by atoms with van der Waals surface area (Å²) in [6.45, 7) is 21.2. The predicted molar refractivity (Wildman–Crippen MR) is 142 cm³/mol. The van der Waals surface area contributed by atoms with E-state index in [4.69, 9.17) is 4.43 Å². The van der Waals surface area contributed by atoms with Gasteiger partial charge in [-0.25, -0.2) is 0 Å². The molecule has 0 amide bonds. The zero-order chi connectivity index (χ0) is 24.7. The van der Waals surface area contributed by atoms with Crippen molar-refractivity contribution in [1.82, 2.24) is 4.98 Å². The molecule has 2 aromatic carbocycles. The summed E-state index contributed by atoms with van der Waals surface area (Å²) in [6.07, 6.45) is 1.05. The van der Waals surface area contributed by atoms with Gasteiger partial charge in [0.25, 0.3) is 0 Å². The summed E-state index contributed by atoms with van der Waals surface area (Å²) in [7, 11) is -1.87. The van der Waals surface area contributed by atoms with E-state index in [1.807, 2.05) is 42.5 Å². The molecule has 0 aliphatic carbocycles. The Hall–Kier alpha value is -2.01. The van der Waals surface area contributed by atoms with Crippen LogP contribution in [0.2, 0.25) is 18.1 Å². The molecule has 0 saturated carbocycles. The average molecular weight is 464 g/mol. The molecule has 0 bridgehead atoms. The summed E-state index contributed by atoms with van der Waals surface area (Å²) in [5.41, 5.74) is 3.46. The maximum atomic E-state index is 11.5. The van der Waals surface area contributed by atoms with Crippen molar-refractivity contribution in [2.45, 2.75) is 78.1 Å². The Morgan fingerprint density at radius 3 is 2.18 bits per heavy atom. The van der Waals surface area contributed by atoms with Crippen molar-refractivity contribution in [1.29, 1.82) is 0 Å². The molecule has 0 radical (unpaired) electrons. The van der Waals surface area contributed by atoms with Crippen LogP contribution in [0.25, 0.3) is 10.9 Å². The minimum Gasteiger partial charge on any atom is -0.416 e. The second-order valence-corrected chi connectivity index (χ2v) is 16.8. The van der Waals surface area contributed by atoms with Crippen molar-refractivity contribution < 1.29 is 9.53 Å². The molecule has 0 spiro atoms. The highest BCUT2D eigenvalue weighted by Gasteiger charge is 2.44. The molecule has 1 atom stereocenters. The van der Waals surface area contributed by atoms with E-state index in [2.05, 4.69) is 78.7 Å². The number of para-hydroxylation sites is 1. The lowest BCUT2D eigenvalue weighted by Gasteiger charge is -2.46. The topological polar surface area (TPSA) is 42.4 Å². The third-order valence-electron chi connectivity index (χ3n) is 8.15. The minimum absolute atomic E-state index is 0.139. The molecule has 4 heteroatoms. The monoisotopic (exact) mass is 463 g/mol. The Labute approximate surface area is 201 Å². The number of benzene rings is 2. The highest BCUT2D eigenvalue weighted by molar-refractivity contribution is 6.74. The second kappa shape index (κ2) is 8.97. The van der Waals surface area contributed by atoms with E-state index >= 15 is 0 Å². The van der Waals surface area contributed by atoms with Gasteiger partial charge in [-0.1, -0.05) is 90.9 Å². The largest absolute Gasteiger partial charge is 0.416 e. The quantitative estimate of drug-likeness (QED) is 0.366. The number of hydrogen-bond acceptors (Lipinski definition) is 3. The van der Waals surface area contributed by atoms with Crippen molar-refractivity contribution in [2.75, 3.05) is 6.61 Å². The molecule has 1 heterocycles. The van der Waals surface area contributed by atoms with Crippen LogP contribution >= 0.6 is 0 Å². The fraction of sp³-hybridized carbons (Fsp3) is 0.483. The number of aliphatic hydroxyl groups is 1. The molecule has 3 rings (SSSR count). The Morgan fingerprint density at radius 1 is 0.909 bits per heavy atom. The van der Waals surface area contributed by atoms with E-state index in [1.165, 1.54) is 0 Å². The van der Waals surface area contributed by atoms with Gasteiger partial charge >= 0.3 is 0 Å². The summed E-state index contributed by atoms with van der Waals surface area (Å²) in [4.78, 5) is 4.57. The smallest absolute Gasteiger partial charge is 0.192 e. The van der Waals surface area contributed by atoms with Crippen LogP contribution in [-0.4, -0.2) is 25.0 Å². The summed E-state index contributed by atoms with van der Waals surface area (Å²) in [5, 5.41) is 12.7. The third-order valence-corrected chi connectivity index (χ3v) is 12.6. The van der Waals surface area contributed by atoms with Gasteiger partial charge in [-0.05, 0) is 52.2 Å². The summed E-state index contributed by atoms with van der Waals surface area (Å²) in [5.74, 6) is 0. The molecule has 1 N–H and O–H groups in total. The lowest BCUT2D eigenvalue weighted by molar-refractivity contribution is 0.0915. The van der Waals surface area contributed by atoms with E-state index in [-0.39, 0.29) is 15.9 Å². The van der Waals surface area contributed by atoms with Crippen LogP contribution in [0.5, 0.6) is 0 Å². The van der Waals surface area contributed by atoms with E-state index in [9.17, 15) is 5.11 Å². The summed E-state index contributed by atoms with van der Waals surface area (Å²) >= 11 is 0. The van der Waals surface area contributed by atoms with Crippen LogP contribution in [-0.2, 0) is 9.84 Å². The molecule has 0 fully saturated rings.